The lowest BCUT2D eigenvalue weighted by molar-refractivity contribution is 0.260. The molecule has 7 heteroatoms. The summed E-state index contributed by atoms with van der Waals surface area (Å²) in [5.41, 5.74) is 0. The first kappa shape index (κ1) is 15.8. The third-order valence-electron chi connectivity index (χ3n) is 3.38. The predicted octanol–water partition coefficient (Wildman–Crippen LogP) is 1.60. The van der Waals surface area contributed by atoms with Crippen molar-refractivity contribution in [2.75, 3.05) is 43.9 Å². The van der Waals surface area contributed by atoms with E-state index in [1.54, 1.807) is 0 Å². The van der Waals surface area contributed by atoms with Gasteiger partial charge in [0.05, 0.1) is 6.61 Å². The zero-order valence-electron chi connectivity index (χ0n) is 13.2. The Hall–Kier alpha value is -1.63. The van der Waals surface area contributed by atoms with Crippen LogP contribution in [0.5, 0.6) is 6.01 Å². The molecule has 2 heterocycles. The van der Waals surface area contributed by atoms with Gasteiger partial charge in [0.15, 0.2) is 0 Å². The Morgan fingerprint density at radius 1 is 1.24 bits per heavy atom. The van der Waals surface area contributed by atoms with Crippen LogP contribution in [0.3, 0.4) is 0 Å². The fraction of sp³-hybridized carbons (Fsp3) is 0.786. The van der Waals surface area contributed by atoms with Gasteiger partial charge in [-0.05, 0) is 39.8 Å². The summed E-state index contributed by atoms with van der Waals surface area (Å²) in [6, 6.07) is 0.748. The highest BCUT2D eigenvalue weighted by Crippen LogP contribution is 2.16. The molecule has 2 rings (SSSR count). The summed E-state index contributed by atoms with van der Waals surface area (Å²) in [6.45, 7) is 7.57. The highest BCUT2D eigenvalue weighted by atomic mass is 16.5. The highest BCUT2D eigenvalue weighted by molar-refractivity contribution is 5.36. The van der Waals surface area contributed by atoms with E-state index in [0.29, 0.717) is 30.6 Å². The van der Waals surface area contributed by atoms with Crippen LogP contribution in [0.2, 0.25) is 0 Å². The molecular weight excluding hydrogens is 268 g/mol. The minimum absolute atomic E-state index is 0.373. The number of hydrogen-bond donors (Lipinski definition) is 2. The van der Waals surface area contributed by atoms with Gasteiger partial charge in [0, 0.05) is 19.1 Å². The SMILES string of the molecule is CCCNc1nc(NC2CCCN(C)C2)nc(OCC)n1. The van der Waals surface area contributed by atoms with Gasteiger partial charge < -0.3 is 20.3 Å². The smallest absolute Gasteiger partial charge is 0.323 e. The van der Waals surface area contributed by atoms with Gasteiger partial charge in [-0.2, -0.15) is 15.0 Å². The number of likely N-dealkylation sites (tertiary alicyclic amines) is 1. The van der Waals surface area contributed by atoms with Gasteiger partial charge in [0.1, 0.15) is 0 Å². The molecule has 0 radical (unpaired) electrons. The number of likely N-dealkylation sites (N-methyl/N-ethyl adjacent to an activating group) is 1. The predicted molar refractivity (Wildman–Crippen MR) is 83.9 cm³/mol. The van der Waals surface area contributed by atoms with E-state index in [1.165, 1.54) is 6.42 Å². The summed E-state index contributed by atoms with van der Waals surface area (Å²) in [6.07, 6.45) is 3.35. The van der Waals surface area contributed by atoms with E-state index in [0.717, 1.165) is 32.5 Å². The summed E-state index contributed by atoms with van der Waals surface area (Å²) in [7, 11) is 2.14. The van der Waals surface area contributed by atoms with Crippen LogP contribution >= 0.6 is 0 Å². The number of aromatic nitrogens is 3. The van der Waals surface area contributed by atoms with Crippen molar-refractivity contribution < 1.29 is 4.74 Å². The molecule has 1 aliphatic heterocycles. The van der Waals surface area contributed by atoms with Gasteiger partial charge in [-0.25, -0.2) is 0 Å². The lowest BCUT2D eigenvalue weighted by Gasteiger charge is -2.30. The Morgan fingerprint density at radius 3 is 2.76 bits per heavy atom. The van der Waals surface area contributed by atoms with Crippen molar-refractivity contribution in [3.05, 3.63) is 0 Å². The molecule has 0 aliphatic carbocycles. The van der Waals surface area contributed by atoms with Crippen molar-refractivity contribution in [1.29, 1.82) is 0 Å². The zero-order chi connectivity index (χ0) is 15.1. The molecule has 1 aliphatic rings. The number of ether oxygens (including phenoxy) is 1. The monoisotopic (exact) mass is 294 g/mol. The molecule has 1 atom stereocenters. The van der Waals surface area contributed by atoms with E-state index in [-0.39, 0.29) is 0 Å². The number of hydrogen-bond acceptors (Lipinski definition) is 7. The van der Waals surface area contributed by atoms with Crippen molar-refractivity contribution in [2.45, 2.75) is 39.2 Å². The second kappa shape index (κ2) is 7.97. The van der Waals surface area contributed by atoms with Gasteiger partial charge >= 0.3 is 6.01 Å². The maximum atomic E-state index is 5.42. The highest BCUT2D eigenvalue weighted by Gasteiger charge is 2.18. The van der Waals surface area contributed by atoms with E-state index in [1.807, 2.05) is 6.92 Å². The lowest BCUT2D eigenvalue weighted by Crippen LogP contribution is -2.40. The maximum Gasteiger partial charge on any atom is 0.323 e. The molecule has 1 fully saturated rings. The summed E-state index contributed by atoms with van der Waals surface area (Å²) >= 11 is 0. The van der Waals surface area contributed by atoms with Crippen LogP contribution in [0.15, 0.2) is 0 Å². The molecule has 0 spiro atoms. The van der Waals surface area contributed by atoms with Gasteiger partial charge in [0.2, 0.25) is 11.9 Å². The van der Waals surface area contributed by atoms with E-state index in [9.17, 15) is 0 Å². The minimum Gasteiger partial charge on any atom is -0.464 e. The first-order valence-corrected chi connectivity index (χ1v) is 7.79. The van der Waals surface area contributed by atoms with Crippen molar-refractivity contribution in [2.24, 2.45) is 0 Å². The molecule has 0 aromatic carbocycles. The fourth-order valence-electron chi connectivity index (χ4n) is 2.40. The Morgan fingerprint density at radius 2 is 2.05 bits per heavy atom. The second-order valence-corrected chi connectivity index (χ2v) is 5.37. The van der Waals surface area contributed by atoms with Crippen LogP contribution in [-0.4, -0.2) is 59.2 Å². The van der Waals surface area contributed by atoms with Gasteiger partial charge in [-0.3, -0.25) is 0 Å². The molecule has 0 saturated carbocycles. The molecular formula is C14H26N6O. The van der Waals surface area contributed by atoms with Crippen LogP contribution in [-0.2, 0) is 0 Å². The molecule has 1 aromatic heterocycles. The molecule has 1 saturated heterocycles. The number of anilines is 2. The average Bonchev–Trinajstić information content (AvgIpc) is 2.45. The van der Waals surface area contributed by atoms with E-state index >= 15 is 0 Å². The zero-order valence-corrected chi connectivity index (χ0v) is 13.2. The molecule has 7 nitrogen and oxygen atoms in total. The molecule has 1 unspecified atom stereocenters. The minimum atomic E-state index is 0.373. The Kier molecular flexibility index (Phi) is 5.98. The van der Waals surface area contributed by atoms with E-state index < -0.39 is 0 Å². The molecule has 21 heavy (non-hydrogen) atoms. The molecule has 0 bridgehead atoms. The molecule has 118 valence electrons. The van der Waals surface area contributed by atoms with Crippen LogP contribution in [0.25, 0.3) is 0 Å². The first-order chi connectivity index (χ1) is 10.2. The van der Waals surface area contributed by atoms with Gasteiger partial charge in [-0.1, -0.05) is 6.92 Å². The fourth-order valence-corrected chi connectivity index (χ4v) is 2.40. The number of piperidine rings is 1. The van der Waals surface area contributed by atoms with Gasteiger partial charge in [-0.15, -0.1) is 0 Å². The van der Waals surface area contributed by atoms with Crippen molar-refractivity contribution in [3.8, 4) is 6.01 Å². The number of rotatable bonds is 7. The van der Waals surface area contributed by atoms with Crippen LogP contribution in [0.1, 0.15) is 33.1 Å². The standard InChI is InChI=1S/C14H26N6O/c1-4-8-15-12-17-13(19-14(18-12)21-5-2)16-11-7-6-9-20(3)10-11/h11H,4-10H2,1-3H3,(H2,15,16,17,18,19). The largest absolute Gasteiger partial charge is 0.464 e. The van der Waals surface area contributed by atoms with Crippen molar-refractivity contribution in [3.63, 3.8) is 0 Å². The summed E-state index contributed by atoms with van der Waals surface area (Å²) in [5, 5.41) is 6.59. The lowest BCUT2D eigenvalue weighted by atomic mass is 10.1. The van der Waals surface area contributed by atoms with Crippen LogP contribution in [0.4, 0.5) is 11.9 Å². The Labute approximate surface area is 126 Å². The maximum absolute atomic E-state index is 5.42. The number of nitrogens with zero attached hydrogens (tertiary/aromatic N) is 4. The summed E-state index contributed by atoms with van der Waals surface area (Å²) in [4.78, 5) is 15.3. The molecule has 0 amide bonds. The van der Waals surface area contributed by atoms with Crippen molar-refractivity contribution in [1.82, 2.24) is 19.9 Å². The molecule has 1 aromatic rings. The van der Waals surface area contributed by atoms with Crippen molar-refractivity contribution >= 4 is 11.9 Å². The number of nitrogens with one attached hydrogen (secondary N) is 2. The first-order valence-electron chi connectivity index (χ1n) is 7.79. The normalized spacial score (nSPS) is 19.3. The van der Waals surface area contributed by atoms with Gasteiger partial charge in [0.25, 0.3) is 0 Å². The average molecular weight is 294 g/mol. The molecule has 2 N–H and O–H groups in total. The Balaban J connectivity index is 2.06. The second-order valence-electron chi connectivity index (χ2n) is 5.37. The third-order valence-corrected chi connectivity index (χ3v) is 3.38. The van der Waals surface area contributed by atoms with E-state index in [2.05, 4.69) is 44.5 Å². The Bertz CT molecular complexity index is 441. The van der Waals surface area contributed by atoms with Crippen LogP contribution in [0, 0.1) is 0 Å². The van der Waals surface area contributed by atoms with Crippen LogP contribution < -0.4 is 15.4 Å². The summed E-state index contributed by atoms with van der Waals surface area (Å²) in [5.74, 6) is 1.16. The third kappa shape index (κ3) is 5.00. The quantitative estimate of drug-likeness (QED) is 0.791. The summed E-state index contributed by atoms with van der Waals surface area (Å²) < 4.78 is 5.42. The van der Waals surface area contributed by atoms with E-state index in [4.69, 9.17) is 4.74 Å². The topological polar surface area (TPSA) is 75.2 Å².